The minimum atomic E-state index is -0.321. The van der Waals surface area contributed by atoms with E-state index in [0.29, 0.717) is 19.4 Å². The highest BCUT2D eigenvalue weighted by Gasteiger charge is 2.22. The van der Waals surface area contributed by atoms with Crippen molar-refractivity contribution in [2.75, 3.05) is 0 Å². The van der Waals surface area contributed by atoms with Gasteiger partial charge >= 0.3 is 5.69 Å². The van der Waals surface area contributed by atoms with Crippen molar-refractivity contribution in [3.63, 3.8) is 0 Å². The van der Waals surface area contributed by atoms with Gasteiger partial charge in [-0.25, -0.2) is 4.79 Å². The Balaban J connectivity index is 0.00000193. The van der Waals surface area contributed by atoms with Crippen molar-refractivity contribution in [1.29, 1.82) is 0 Å². The number of nitrogens with two attached hydrogens (primary N) is 1. The zero-order valence-electron chi connectivity index (χ0n) is 18.4. The Hall–Kier alpha value is -3.62. The number of hydrogen-bond acceptors (Lipinski definition) is 5. The van der Waals surface area contributed by atoms with E-state index in [-0.39, 0.29) is 20.5 Å². The Kier molecular flexibility index (Phi) is 6.11. The Morgan fingerprint density at radius 2 is 1.91 bits per heavy atom. The standard InChI is InChI=1S/C22H26N6O3.CH4.H2/c1-11-19(13(3)28(25-11)8-6-7-18(23)29)16-9-15(20-12(2)26-31-14(20)4)10-17-21(16)27(5)22(30)24-17;;/h9-10H,6-8H2,1-5H3,(H2,23,29)(H,24,30);1H4;1H. The van der Waals surface area contributed by atoms with Gasteiger partial charge in [-0.1, -0.05) is 12.6 Å². The molecule has 9 heteroatoms. The number of imidazole rings is 1. The molecule has 0 radical (unpaired) electrons. The van der Waals surface area contributed by atoms with Gasteiger partial charge in [0.15, 0.2) is 0 Å². The van der Waals surface area contributed by atoms with E-state index in [1.165, 1.54) is 0 Å². The van der Waals surface area contributed by atoms with Gasteiger partial charge in [-0.05, 0) is 51.8 Å². The van der Waals surface area contributed by atoms with Crippen LogP contribution in [-0.2, 0) is 18.4 Å². The number of nitrogens with zero attached hydrogens (tertiary/aromatic N) is 4. The molecule has 4 aromatic rings. The summed E-state index contributed by atoms with van der Waals surface area (Å²) in [5.41, 5.74) is 12.9. The molecule has 0 atom stereocenters. The summed E-state index contributed by atoms with van der Waals surface area (Å²) >= 11 is 0. The topological polar surface area (TPSA) is 125 Å². The Morgan fingerprint density at radius 1 is 1.19 bits per heavy atom. The van der Waals surface area contributed by atoms with Gasteiger partial charge < -0.3 is 15.2 Å². The van der Waals surface area contributed by atoms with Crippen LogP contribution < -0.4 is 11.4 Å². The third-order valence-electron chi connectivity index (χ3n) is 5.76. The van der Waals surface area contributed by atoms with E-state index in [2.05, 4.69) is 16.2 Å². The first-order valence-electron chi connectivity index (χ1n) is 10.2. The molecule has 3 aromatic heterocycles. The van der Waals surface area contributed by atoms with Crippen molar-refractivity contribution in [3.05, 3.63) is 45.5 Å². The molecule has 3 heterocycles. The number of H-pyrrole nitrogens is 1. The van der Waals surface area contributed by atoms with Crippen LogP contribution >= 0.6 is 0 Å². The lowest BCUT2D eigenvalue weighted by molar-refractivity contribution is -0.118. The fourth-order valence-electron chi connectivity index (χ4n) is 4.33. The zero-order chi connectivity index (χ0) is 22.4. The van der Waals surface area contributed by atoms with Crippen molar-refractivity contribution >= 4 is 16.9 Å². The van der Waals surface area contributed by atoms with Gasteiger partial charge in [0, 0.05) is 43.8 Å². The van der Waals surface area contributed by atoms with Crippen LogP contribution in [0.3, 0.4) is 0 Å². The molecule has 0 spiro atoms. The van der Waals surface area contributed by atoms with E-state index in [1.54, 1.807) is 11.6 Å². The number of benzene rings is 1. The van der Waals surface area contributed by atoms with Crippen molar-refractivity contribution < 1.29 is 10.7 Å². The largest absolute Gasteiger partial charge is 0.370 e. The minimum Gasteiger partial charge on any atom is -0.370 e. The number of aryl methyl sites for hydroxylation is 5. The Bertz CT molecular complexity index is 1360. The average molecular weight is 441 g/mol. The van der Waals surface area contributed by atoms with Gasteiger partial charge in [-0.2, -0.15) is 5.10 Å². The third kappa shape index (κ3) is 3.74. The summed E-state index contributed by atoms with van der Waals surface area (Å²) in [5, 5.41) is 8.77. The average Bonchev–Trinajstić information content (AvgIpc) is 3.28. The molecule has 0 fully saturated rings. The number of aromatic amines is 1. The fraction of sp³-hybridized carbons (Fsp3) is 0.391. The Morgan fingerprint density at radius 3 is 2.53 bits per heavy atom. The minimum absolute atomic E-state index is 0. The molecule has 0 unspecified atom stereocenters. The highest BCUT2D eigenvalue weighted by Crippen LogP contribution is 2.37. The second kappa shape index (κ2) is 8.49. The molecule has 0 bridgehead atoms. The van der Waals surface area contributed by atoms with Gasteiger partial charge in [0.1, 0.15) is 5.76 Å². The van der Waals surface area contributed by atoms with Crippen LogP contribution in [0.15, 0.2) is 21.5 Å². The summed E-state index contributed by atoms with van der Waals surface area (Å²) in [6.45, 7) is 8.32. The number of fused-ring (bicyclic) bond motifs is 1. The molecule has 1 aromatic carbocycles. The molecular formula is C23H32N6O3. The number of nitrogens with one attached hydrogen (secondary N) is 1. The molecule has 172 valence electrons. The lowest BCUT2D eigenvalue weighted by Crippen LogP contribution is -2.12. The number of hydrogen-bond donors (Lipinski definition) is 2. The first-order chi connectivity index (χ1) is 14.7. The predicted octanol–water partition coefficient (Wildman–Crippen LogP) is 3.77. The second-order valence-electron chi connectivity index (χ2n) is 7.95. The normalized spacial score (nSPS) is 11.2. The maximum Gasteiger partial charge on any atom is 0.326 e. The zero-order valence-corrected chi connectivity index (χ0v) is 18.4. The number of amides is 1. The molecule has 0 aliphatic carbocycles. The molecule has 0 saturated carbocycles. The monoisotopic (exact) mass is 440 g/mol. The SMILES string of the molecule is C.Cc1noc(C)c1-c1cc(-c2c(C)nn(CCCC(N)=O)c2C)c2c(c1)[nH]c(=O)n2C.[HH]. The van der Waals surface area contributed by atoms with E-state index in [9.17, 15) is 9.59 Å². The highest BCUT2D eigenvalue weighted by molar-refractivity contribution is 5.97. The van der Waals surface area contributed by atoms with Crippen LogP contribution in [0.25, 0.3) is 33.3 Å². The number of carbonyl (C=O) groups is 1. The van der Waals surface area contributed by atoms with Crippen LogP contribution in [0.5, 0.6) is 0 Å². The smallest absolute Gasteiger partial charge is 0.326 e. The summed E-state index contributed by atoms with van der Waals surface area (Å²) in [4.78, 5) is 26.5. The van der Waals surface area contributed by atoms with E-state index < -0.39 is 0 Å². The molecule has 9 nitrogen and oxygen atoms in total. The van der Waals surface area contributed by atoms with Crippen molar-refractivity contribution in [3.8, 4) is 22.3 Å². The fourth-order valence-corrected chi connectivity index (χ4v) is 4.33. The number of primary amides is 1. The van der Waals surface area contributed by atoms with Crippen molar-refractivity contribution in [1.82, 2.24) is 24.5 Å². The number of carbonyl (C=O) groups excluding carboxylic acids is 1. The quantitative estimate of drug-likeness (QED) is 0.472. The van der Waals surface area contributed by atoms with E-state index >= 15 is 0 Å². The number of aromatic nitrogens is 5. The summed E-state index contributed by atoms with van der Waals surface area (Å²) in [5.74, 6) is 0.398. The van der Waals surface area contributed by atoms with Crippen LogP contribution in [0.4, 0.5) is 0 Å². The van der Waals surface area contributed by atoms with Crippen LogP contribution in [-0.4, -0.2) is 30.4 Å². The molecule has 3 N–H and O–H groups in total. The maximum atomic E-state index is 12.4. The van der Waals surface area contributed by atoms with E-state index in [0.717, 1.165) is 56.1 Å². The van der Waals surface area contributed by atoms with Crippen LogP contribution in [0.2, 0.25) is 0 Å². The summed E-state index contributed by atoms with van der Waals surface area (Å²) in [7, 11) is 1.75. The van der Waals surface area contributed by atoms with Crippen molar-refractivity contribution in [2.24, 2.45) is 12.8 Å². The second-order valence-corrected chi connectivity index (χ2v) is 7.95. The van der Waals surface area contributed by atoms with Crippen molar-refractivity contribution in [2.45, 2.75) is 54.5 Å². The molecular weight excluding hydrogens is 408 g/mol. The summed E-state index contributed by atoms with van der Waals surface area (Å²) in [6.07, 6.45) is 0.930. The number of rotatable bonds is 6. The first-order valence-corrected chi connectivity index (χ1v) is 10.2. The lowest BCUT2D eigenvalue weighted by atomic mass is 9.95. The predicted molar refractivity (Wildman–Crippen MR) is 126 cm³/mol. The first kappa shape index (κ1) is 23.1. The van der Waals surface area contributed by atoms with Gasteiger partial charge in [-0.3, -0.25) is 14.0 Å². The molecule has 32 heavy (non-hydrogen) atoms. The van der Waals surface area contributed by atoms with Crippen LogP contribution in [0, 0.1) is 27.7 Å². The van der Waals surface area contributed by atoms with Gasteiger partial charge in [-0.15, -0.1) is 0 Å². The van der Waals surface area contributed by atoms with E-state index in [4.69, 9.17) is 15.4 Å². The summed E-state index contributed by atoms with van der Waals surface area (Å²) < 4.78 is 8.88. The summed E-state index contributed by atoms with van der Waals surface area (Å²) in [6, 6.07) is 4.02. The van der Waals surface area contributed by atoms with Gasteiger partial charge in [0.05, 0.1) is 22.4 Å². The molecule has 0 aliphatic rings. The lowest BCUT2D eigenvalue weighted by Gasteiger charge is -2.11. The Labute approximate surface area is 187 Å². The highest BCUT2D eigenvalue weighted by atomic mass is 16.5. The van der Waals surface area contributed by atoms with Gasteiger partial charge in [0.2, 0.25) is 5.91 Å². The molecule has 4 rings (SSSR count). The molecule has 1 amide bonds. The van der Waals surface area contributed by atoms with Crippen LogP contribution in [0.1, 0.15) is 44.5 Å². The molecule has 0 aliphatic heterocycles. The molecule has 0 saturated heterocycles. The third-order valence-corrected chi connectivity index (χ3v) is 5.76. The maximum absolute atomic E-state index is 12.4. The van der Waals surface area contributed by atoms with E-state index in [1.807, 2.05) is 38.4 Å². The van der Waals surface area contributed by atoms with Gasteiger partial charge in [0.25, 0.3) is 0 Å².